The number of methoxy groups -OCH3 is 1. The lowest BCUT2D eigenvalue weighted by Crippen LogP contribution is -2.18. The molecule has 0 aromatic carbocycles. The van der Waals surface area contributed by atoms with Crippen molar-refractivity contribution in [3.05, 3.63) is 40.9 Å². The maximum absolute atomic E-state index is 5.65. The van der Waals surface area contributed by atoms with Crippen LogP contribution in [0, 0.1) is 13.8 Å². The lowest BCUT2D eigenvalue weighted by atomic mass is 9.89. The molecular formula is C19H22N8O2. The molecule has 0 amide bonds. The normalized spacial score (nSPS) is 16.4. The van der Waals surface area contributed by atoms with Crippen LogP contribution in [0.15, 0.2) is 16.8 Å². The Morgan fingerprint density at radius 1 is 1.28 bits per heavy atom. The number of rotatable bonds is 5. The highest BCUT2D eigenvalue weighted by Gasteiger charge is 2.29. The van der Waals surface area contributed by atoms with Crippen molar-refractivity contribution in [1.82, 2.24) is 39.7 Å². The van der Waals surface area contributed by atoms with Gasteiger partial charge in [-0.1, -0.05) is 10.4 Å². The van der Waals surface area contributed by atoms with Crippen LogP contribution in [0.3, 0.4) is 0 Å². The van der Waals surface area contributed by atoms with Crippen molar-refractivity contribution < 1.29 is 9.26 Å². The zero-order valence-corrected chi connectivity index (χ0v) is 16.7. The zero-order valence-electron chi connectivity index (χ0n) is 16.7. The van der Waals surface area contributed by atoms with Crippen molar-refractivity contribution in [2.45, 2.75) is 45.6 Å². The van der Waals surface area contributed by atoms with Gasteiger partial charge in [-0.15, -0.1) is 5.10 Å². The van der Waals surface area contributed by atoms with Gasteiger partial charge in [0.25, 0.3) is 0 Å². The molecule has 0 bridgehead atoms. The Labute approximate surface area is 166 Å². The second kappa shape index (κ2) is 7.03. The maximum Gasteiger partial charge on any atom is 0.230 e. The molecule has 0 aliphatic heterocycles. The second-order valence-electron chi connectivity index (χ2n) is 7.43. The van der Waals surface area contributed by atoms with Gasteiger partial charge in [0.05, 0.1) is 36.3 Å². The maximum atomic E-state index is 5.65. The van der Waals surface area contributed by atoms with E-state index in [9.17, 15) is 0 Å². The molecule has 1 atom stereocenters. The summed E-state index contributed by atoms with van der Waals surface area (Å²) >= 11 is 0. The number of aryl methyl sites for hydroxylation is 3. The number of hydrogen-bond acceptors (Lipinski definition) is 8. The fourth-order valence-corrected chi connectivity index (χ4v) is 3.94. The van der Waals surface area contributed by atoms with E-state index < -0.39 is 0 Å². The summed E-state index contributed by atoms with van der Waals surface area (Å²) in [5, 5.41) is 17.2. The van der Waals surface area contributed by atoms with Gasteiger partial charge in [0.1, 0.15) is 0 Å². The standard InChI is InChI=1S/C19H22N8O2/c1-11-8-12(2)27-18(21-11)14(10-20-27)17-22-19(29-24-17)13-4-5-15-16(9-13)26(25-23-15)6-7-28-3/h8,10,13H,4-7,9H2,1-3H3. The Balaban J connectivity index is 1.44. The molecule has 0 saturated carbocycles. The van der Waals surface area contributed by atoms with Crippen LogP contribution in [0.5, 0.6) is 0 Å². The SMILES string of the molecule is COCCn1nnc2c1CC(c1nc(-c3cnn4c(C)cc(C)nc34)no1)CC2. The average Bonchev–Trinajstić information content (AvgIpc) is 3.43. The van der Waals surface area contributed by atoms with Crippen LogP contribution in [-0.4, -0.2) is 53.4 Å². The summed E-state index contributed by atoms with van der Waals surface area (Å²) < 4.78 is 14.5. The van der Waals surface area contributed by atoms with E-state index in [4.69, 9.17) is 9.26 Å². The van der Waals surface area contributed by atoms with E-state index in [1.54, 1.807) is 17.8 Å². The molecule has 0 saturated heterocycles. The summed E-state index contributed by atoms with van der Waals surface area (Å²) in [5.41, 5.74) is 5.63. The van der Waals surface area contributed by atoms with Crippen LogP contribution in [0.25, 0.3) is 17.0 Å². The topological polar surface area (TPSA) is 109 Å². The van der Waals surface area contributed by atoms with Gasteiger partial charge >= 0.3 is 0 Å². The largest absolute Gasteiger partial charge is 0.383 e. The van der Waals surface area contributed by atoms with E-state index in [2.05, 4.69) is 30.5 Å². The Bertz CT molecular complexity index is 1170. The monoisotopic (exact) mass is 394 g/mol. The van der Waals surface area contributed by atoms with Crippen molar-refractivity contribution in [3.8, 4) is 11.4 Å². The summed E-state index contributed by atoms with van der Waals surface area (Å²) in [6.07, 6.45) is 4.27. The van der Waals surface area contributed by atoms with E-state index in [-0.39, 0.29) is 5.92 Å². The molecule has 29 heavy (non-hydrogen) atoms. The van der Waals surface area contributed by atoms with Crippen LogP contribution < -0.4 is 0 Å². The average molecular weight is 394 g/mol. The fraction of sp³-hybridized carbons (Fsp3) is 0.474. The van der Waals surface area contributed by atoms with Gasteiger partial charge < -0.3 is 9.26 Å². The number of ether oxygens (including phenoxy) is 1. The van der Waals surface area contributed by atoms with Crippen LogP contribution in [0.2, 0.25) is 0 Å². The molecule has 0 N–H and O–H groups in total. The van der Waals surface area contributed by atoms with E-state index in [1.165, 1.54) is 0 Å². The first-order chi connectivity index (χ1) is 14.1. The number of nitrogens with zero attached hydrogens (tertiary/aromatic N) is 8. The third-order valence-electron chi connectivity index (χ3n) is 5.40. The second-order valence-corrected chi connectivity index (χ2v) is 7.43. The van der Waals surface area contributed by atoms with Crippen molar-refractivity contribution in [2.75, 3.05) is 13.7 Å². The molecule has 0 fully saturated rings. The number of hydrogen-bond donors (Lipinski definition) is 0. The van der Waals surface area contributed by atoms with Gasteiger partial charge in [0, 0.05) is 30.8 Å². The molecule has 10 heteroatoms. The molecule has 4 heterocycles. The highest BCUT2D eigenvalue weighted by atomic mass is 16.5. The smallest absolute Gasteiger partial charge is 0.230 e. The molecule has 0 spiro atoms. The van der Waals surface area contributed by atoms with Gasteiger partial charge in [0.2, 0.25) is 11.7 Å². The summed E-state index contributed by atoms with van der Waals surface area (Å²) in [6, 6.07) is 1.99. The lowest BCUT2D eigenvalue weighted by molar-refractivity contribution is 0.181. The highest BCUT2D eigenvalue weighted by molar-refractivity contribution is 5.72. The zero-order chi connectivity index (χ0) is 20.0. The number of aromatic nitrogens is 8. The number of fused-ring (bicyclic) bond motifs is 2. The predicted octanol–water partition coefficient (Wildman–Crippen LogP) is 1.91. The summed E-state index contributed by atoms with van der Waals surface area (Å²) in [6.45, 7) is 5.26. The molecule has 1 unspecified atom stereocenters. The van der Waals surface area contributed by atoms with E-state index in [0.29, 0.717) is 24.9 Å². The van der Waals surface area contributed by atoms with E-state index >= 15 is 0 Å². The van der Waals surface area contributed by atoms with Gasteiger partial charge in [-0.2, -0.15) is 10.1 Å². The minimum absolute atomic E-state index is 0.141. The highest BCUT2D eigenvalue weighted by Crippen LogP contribution is 2.32. The predicted molar refractivity (Wildman–Crippen MR) is 102 cm³/mol. The van der Waals surface area contributed by atoms with Crippen molar-refractivity contribution in [2.24, 2.45) is 0 Å². The van der Waals surface area contributed by atoms with Gasteiger partial charge in [-0.25, -0.2) is 14.2 Å². The molecular weight excluding hydrogens is 372 g/mol. The first-order valence-electron chi connectivity index (χ1n) is 9.70. The van der Waals surface area contributed by atoms with Crippen LogP contribution in [0.4, 0.5) is 0 Å². The van der Waals surface area contributed by atoms with Gasteiger partial charge in [-0.05, 0) is 32.8 Å². The molecule has 4 aromatic heterocycles. The first kappa shape index (κ1) is 17.9. The quantitative estimate of drug-likeness (QED) is 0.505. The Hall–Kier alpha value is -3.14. The Morgan fingerprint density at radius 3 is 3.03 bits per heavy atom. The molecule has 1 aliphatic carbocycles. The van der Waals surface area contributed by atoms with E-state index in [1.807, 2.05) is 24.6 Å². The first-order valence-corrected chi connectivity index (χ1v) is 9.70. The van der Waals surface area contributed by atoms with Gasteiger partial charge in [0.15, 0.2) is 5.65 Å². The molecule has 1 aliphatic rings. The van der Waals surface area contributed by atoms with Gasteiger partial charge in [-0.3, -0.25) is 0 Å². The molecule has 10 nitrogen and oxygen atoms in total. The van der Waals surface area contributed by atoms with Crippen LogP contribution in [-0.2, 0) is 24.1 Å². The summed E-state index contributed by atoms with van der Waals surface area (Å²) in [4.78, 5) is 9.29. The minimum atomic E-state index is 0.141. The Morgan fingerprint density at radius 2 is 2.17 bits per heavy atom. The molecule has 0 radical (unpaired) electrons. The summed E-state index contributed by atoms with van der Waals surface area (Å²) in [7, 11) is 1.68. The third-order valence-corrected chi connectivity index (χ3v) is 5.40. The van der Waals surface area contributed by atoms with Crippen molar-refractivity contribution in [3.63, 3.8) is 0 Å². The van der Waals surface area contributed by atoms with Crippen molar-refractivity contribution in [1.29, 1.82) is 0 Å². The van der Waals surface area contributed by atoms with Crippen LogP contribution >= 0.6 is 0 Å². The molecule has 5 rings (SSSR count). The fourth-order valence-electron chi connectivity index (χ4n) is 3.94. The van der Waals surface area contributed by atoms with E-state index in [0.717, 1.165) is 53.2 Å². The molecule has 150 valence electrons. The van der Waals surface area contributed by atoms with Crippen molar-refractivity contribution >= 4 is 5.65 Å². The Kier molecular flexibility index (Phi) is 4.35. The summed E-state index contributed by atoms with van der Waals surface area (Å²) in [5.74, 6) is 1.29. The minimum Gasteiger partial charge on any atom is -0.383 e. The lowest BCUT2D eigenvalue weighted by Gasteiger charge is -2.18. The molecule has 4 aromatic rings. The third kappa shape index (κ3) is 3.09. The van der Waals surface area contributed by atoms with Crippen LogP contribution in [0.1, 0.15) is 41.0 Å².